The minimum atomic E-state index is -0.139. The number of aromatic nitrogens is 2. The molecule has 0 aliphatic heterocycles. The summed E-state index contributed by atoms with van der Waals surface area (Å²) < 4.78 is 0. The lowest BCUT2D eigenvalue weighted by Gasteiger charge is -2.17. The fourth-order valence-corrected chi connectivity index (χ4v) is 1.12. The second kappa shape index (κ2) is 5.06. The van der Waals surface area contributed by atoms with Crippen molar-refractivity contribution in [3.63, 3.8) is 0 Å². The largest absolute Gasteiger partial charge is 0.370 e. The first kappa shape index (κ1) is 11.9. The van der Waals surface area contributed by atoms with Gasteiger partial charge in [0.05, 0.1) is 0 Å². The quantitative estimate of drug-likeness (QED) is 0.469. The Bertz CT molecular complexity index is 405. The highest BCUT2D eigenvalue weighted by molar-refractivity contribution is 5.90. The van der Waals surface area contributed by atoms with E-state index in [0.29, 0.717) is 17.9 Å². The van der Waals surface area contributed by atoms with Gasteiger partial charge in [-0.2, -0.15) is 0 Å². The van der Waals surface area contributed by atoms with Gasteiger partial charge in [-0.25, -0.2) is 9.97 Å². The molecule has 0 aliphatic carbocycles. The van der Waals surface area contributed by atoms with Crippen molar-refractivity contribution in [2.45, 2.75) is 13.5 Å². The first-order chi connectivity index (χ1) is 7.52. The molecule has 0 atom stereocenters. The van der Waals surface area contributed by atoms with Crippen LogP contribution in [0.3, 0.4) is 0 Å². The van der Waals surface area contributed by atoms with E-state index in [9.17, 15) is 4.79 Å². The Hall–Kier alpha value is -2.18. The Labute approximate surface area is 93.2 Å². The van der Waals surface area contributed by atoms with Gasteiger partial charge in [-0.15, -0.1) is 0 Å². The maximum Gasteiger partial charge on any atom is 0.224 e. The molecule has 1 aromatic heterocycles. The van der Waals surface area contributed by atoms with Crippen LogP contribution >= 0.6 is 0 Å². The Morgan fingerprint density at radius 1 is 1.69 bits per heavy atom. The molecule has 7 nitrogen and oxygen atoms in total. The fourth-order valence-electron chi connectivity index (χ4n) is 1.12. The third-order valence-corrected chi connectivity index (χ3v) is 2.02. The predicted molar refractivity (Wildman–Crippen MR) is 59.9 cm³/mol. The summed E-state index contributed by atoms with van der Waals surface area (Å²) in [6.07, 6.45) is 2.95. The van der Waals surface area contributed by atoms with E-state index in [0.717, 1.165) is 0 Å². The summed E-state index contributed by atoms with van der Waals surface area (Å²) in [6.45, 7) is 1.76. The molecule has 1 heterocycles. The summed E-state index contributed by atoms with van der Waals surface area (Å²) in [5.74, 6) is 0.249. The Morgan fingerprint density at radius 3 is 2.94 bits per heavy atom. The number of rotatable bonds is 3. The third-order valence-electron chi connectivity index (χ3n) is 2.02. The molecule has 7 heteroatoms. The summed E-state index contributed by atoms with van der Waals surface area (Å²) >= 11 is 0. The van der Waals surface area contributed by atoms with E-state index in [1.54, 1.807) is 13.2 Å². The highest BCUT2D eigenvalue weighted by atomic mass is 16.2. The first-order valence-electron chi connectivity index (χ1n) is 4.63. The molecule has 0 unspecified atom stereocenters. The normalized spacial score (nSPS) is 9.62. The molecule has 86 valence electrons. The number of hydrogen-bond acceptors (Lipinski definition) is 4. The predicted octanol–water partition coefficient (Wildman–Crippen LogP) is -0.558. The average molecular weight is 222 g/mol. The van der Waals surface area contributed by atoms with Crippen molar-refractivity contribution in [1.29, 1.82) is 5.41 Å². The molecular weight excluding hydrogens is 208 g/mol. The molecule has 0 saturated heterocycles. The minimum absolute atomic E-state index is 0.122. The topological polar surface area (TPSA) is 108 Å². The van der Waals surface area contributed by atoms with Gasteiger partial charge in [-0.1, -0.05) is 0 Å². The van der Waals surface area contributed by atoms with Gasteiger partial charge in [0.25, 0.3) is 0 Å². The number of carbonyl (C=O) groups is 1. The van der Waals surface area contributed by atoms with Crippen LogP contribution in [0.25, 0.3) is 0 Å². The maximum absolute atomic E-state index is 11.2. The number of nitrogens with zero attached hydrogens (tertiary/aromatic N) is 3. The summed E-state index contributed by atoms with van der Waals surface area (Å²) in [5, 5.41) is 9.69. The first-order valence-corrected chi connectivity index (χ1v) is 4.63. The van der Waals surface area contributed by atoms with Crippen molar-refractivity contribution in [3.8, 4) is 0 Å². The standard InChI is InChI=1S/C9H14N6O/c1-6(16)15(2)8-7(3-12-5-14-8)4-13-9(10)11/h3,5H,4H2,1-2H3,(H4,10,11,13). The van der Waals surface area contributed by atoms with E-state index in [4.69, 9.17) is 11.1 Å². The fraction of sp³-hybridized carbons (Fsp3) is 0.333. The van der Waals surface area contributed by atoms with Crippen molar-refractivity contribution in [2.24, 2.45) is 5.73 Å². The van der Waals surface area contributed by atoms with Crippen molar-refractivity contribution in [2.75, 3.05) is 11.9 Å². The van der Waals surface area contributed by atoms with E-state index in [1.165, 1.54) is 18.2 Å². The summed E-state index contributed by atoms with van der Waals surface area (Å²) in [5.41, 5.74) is 5.88. The van der Waals surface area contributed by atoms with Gasteiger partial charge < -0.3 is 11.1 Å². The summed E-state index contributed by atoms with van der Waals surface area (Å²) in [7, 11) is 1.63. The number of guanidine groups is 1. The molecule has 0 spiro atoms. The molecule has 1 aromatic rings. The molecule has 0 aliphatic rings. The van der Waals surface area contributed by atoms with Crippen LogP contribution in [0.4, 0.5) is 5.82 Å². The minimum Gasteiger partial charge on any atom is -0.370 e. The lowest BCUT2D eigenvalue weighted by atomic mass is 10.3. The third kappa shape index (κ3) is 2.91. The zero-order valence-electron chi connectivity index (χ0n) is 9.19. The van der Waals surface area contributed by atoms with Crippen LogP contribution in [0, 0.1) is 5.41 Å². The lowest BCUT2D eigenvalue weighted by Crippen LogP contribution is -2.31. The second-order valence-electron chi connectivity index (χ2n) is 3.22. The average Bonchev–Trinajstić information content (AvgIpc) is 2.25. The van der Waals surface area contributed by atoms with E-state index < -0.39 is 0 Å². The van der Waals surface area contributed by atoms with Crippen LogP contribution in [0.2, 0.25) is 0 Å². The van der Waals surface area contributed by atoms with Crippen LogP contribution in [-0.2, 0) is 11.3 Å². The van der Waals surface area contributed by atoms with Crippen LogP contribution < -0.4 is 16.0 Å². The molecular formula is C9H14N6O. The number of nitrogens with one attached hydrogen (secondary N) is 2. The Kier molecular flexibility index (Phi) is 3.76. The molecule has 1 rings (SSSR count). The summed E-state index contributed by atoms with van der Waals surface area (Å²) in [6, 6.07) is 0. The van der Waals surface area contributed by atoms with E-state index in [-0.39, 0.29) is 11.9 Å². The lowest BCUT2D eigenvalue weighted by molar-refractivity contribution is -0.116. The van der Waals surface area contributed by atoms with Gasteiger partial charge in [0.2, 0.25) is 5.91 Å². The van der Waals surface area contributed by atoms with Crippen LogP contribution in [0.5, 0.6) is 0 Å². The molecule has 0 bridgehead atoms. The van der Waals surface area contributed by atoms with Gasteiger partial charge in [0.1, 0.15) is 12.1 Å². The molecule has 0 aromatic carbocycles. The number of amides is 1. The van der Waals surface area contributed by atoms with Crippen LogP contribution in [0.15, 0.2) is 12.5 Å². The second-order valence-corrected chi connectivity index (χ2v) is 3.22. The molecule has 1 amide bonds. The zero-order valence-corrected chi connectivity index (χ0v) is 9.19. The van der Waals surface area contributed by atoms with Gasteiger partial charge >= 0.3 is 0 Å². The number of carbonyl (C=O) groups excluding carboxylic acids is 1. The van der Waals surface area contributed by atoms with Gasteiger partial charge in [-0.3, -0.25) is 15.1 Å². The molecule has 16 heavy (non-hydrogen) atoms. The van der Waals surface area contributed by atoms with Crippen molar-refractivity contribution < 1.29 is 4.79 Å². The molecule has 4 N–H and O–H groups in total. The zero-order chi connectivity index (χ0) is 12.1. The Morgan fingerprint density at radius 2 is 2.38 bits per heavy atom. The van der Waals surface area contributed by atoms with Gasteiger partial charge in [-0.05, 0) is 0 Å². The van der Waals surface area contributed by atoms with Crippen molar-refractivity contribution in [1.82, 2.24) is 15.3 Å². The van der Waals surface area contributed by atoms with E-state index in [2.05, 4.69) is 15.3 Å². The van der Waals surface area contributed by atoms with Crippen molar-refractivity contribution >= 4 is 17.7 Å². The molecule has 0 saturated carbocycles. The van der Waals surface area contributed by atoms with E-state index >= 15 is 0 Å². The van der Waals surface area contributed by atoms with Crippen molar-refractivity contribution in [3.05, 3.63) is 18.1 Å². The summed E-state index contributed by atoms with van der Waals surface area (Å²) in [4.78, 5) is 20.5. The monoisotopic (exact) mass is 222 g/mol. The number of hydrogen-bond donors (Lipinski definition) is 3. The molecule has 0 radical (unpaired) electrons. The van der Waals surface area contributed by atoms with Gasteiger partial charge in [0, 0.05) is 32.3 Å². The van der Waals surface area contributed by atoms with E-state index in [1.807, 2.05) is 0 Å². The maximum atomic E-state index is 11.2. The number of anilines is 1. The molecule has 0 fully saturated rings. The Balaban J connectivity index is 2.91. The number of nitrogens with two attached hydrogens (primary N) is 1. The van der Waals surface area contributed by atoms with Gasteiger partial charge in [0.15, 0.2) is 5.96 Å². The smallest absolute Gasteiger partial charge is 0.224 e. The van der Waals surface area contributed by atoms with Crippen LogP contribution in [-0.4, -0.2) is 28.9 Å². The SMILES string of the molecule is CC(=O)N(C)c1ncncc1CNC(=N)N. The van der Waals surface area contributed by atoms with Crippen LogP contribution in [0.1, 0.15) is 12.5 Å². The highest BCUT2D eigenvalue weighted by Gasteiger charge is 2.12. The highest BCUT2D eigenvalue weighted by Crippen LogP contribution is 2.14.